The fourth-order valence-corrected chi connectivity index (χ4v) is 3.71. The Morgan fingerprint density at radius 1 is 0.606 bits per heavy atom. The Kier molecular flexibility index (Phi) is 6.12. The minimum Gasteiger partial charge on any atom is -0.493 e. The van der Waals surface area contributed by atoms with Crippen molar-refractivity contribution >= 4 is 5.65 Å². The molecule has 0 amide bonds. The molecule has 0 saturated carbocycles. The molecule has 0 atom stereocenters. The fraction of sp³-hybridized carbons (Fsp3) is 0.250. The van der Waals surface area contributed by atoms with Gasteiger partial charge in [-0.05, 0) is 30.3 Å². The van der Waals surface area contributed by atoms with Crippen LogP contribution in [0.5, 0.6) is 34.5 Å². The highest BCUT2D eigenvalue weighted by Gasteiger charge is 2.19. The summed E-state index contributed by atoms with van der Waals surface area (Å²) in [6.07, 6.45) is 1.73. The molecule has 0 saturated heterocycles. The van der Waals surface area contributed by atoms with Crippen LogP contribution in [-0.4, -0.2) is 57.3 Å². The smallest absolute Gasteiger partial charge is 0.203 e. The van der Waals surface area contributed by atoms with E-state index in [1.165, 1.54) is 0 Å². The van der Waals surface area contributed by atoms with Crippen molar-refractivity contribution < 1.29 is 28.4 Å². The normalized spacial score (nSPS) is 10.7. The molecule has 0 aliphatic rings. The number of benzene rings is 2. The van der Waals surface area contributed by atoms with Crippen molar-refractivity contribution in [3.05, 3.63) is 42.6 Å². The van der Waals surface area contributed by atoms with E-state index in [2.05, 4.69) is 4.98 Å². The molecule has 0 bridgehead atoms. The van der Waals surface area contributed by atoms with Crippen LogP contribution in [-0.2, 0) is 0 Å². The Balaban J connectivity index is 1.89. The number of rotatable bonds is 8. The molecule has 2 aromatic carbocycles. The van der Waals surface area contributed by atoms with Gasteiger partial charge in [-0.1, -0.05) is 0 Å². The van der Waals surface area contributed by atoms with Crippen LogP contribution in [0.15, 0.2) is 42.6 Å². The number of ether oxygens (including phenoxy) is 6. The van der Waals surface area contributed by atoms with Crippen LogP contribution in [0.25, 0.3) is 28.2 Å². The molecule has 0 unspecified atom stereocenters. The van der Waals surface area contributed by atoms with Gasteiger partial charge >= 0.3 is 0 Å². The Labute approximate surface area is 191 Å². The van der Waals surface area contributed by atoms with Gasteiger partial charge in [-0.3, -0.25) is 0 Å². The van der Waals surface area contributed by atoms with Crippen molar-refractivity contribution in [2.75, 3.05) is 42.7 Å². The molecule has 0 radical (unpaired) electrons. The van der Waals surface area contributed by atoms with E-state index in [0.29, 0.717) is 45.8 Å². The monoisotopic (exact) mass is 451 g/mol. The molecule has 0 aliphatic carbocycles. The maximum atomic E-state index is 5.51. The van der Waals surface area contributed by atoms with Gasteiger partial charge in [0.05, 0.1) is 54.0 Å². The lowest BCUT2D eigenvalue weighted by molar-refractivity contribution is 0.324. The maximum absolute atomic E-state index is 5.51. The second-order valence-electron chi connectivity index (χ2n) is 6.96. The van der Waals surface area contributed by atoms with Gasteiger partial charge in [0, 0.05) is 23.4 Å². The number of fused-ring (bicyclic) bond motifs is 1. The highest BCUT2D eigenvalue weighted by molar-refractivity contribution is 5.74. The standard InChI is InChI=1S/C24H25N3O6/c1-28-18-9-14(10-19(29-2)23(18)32-5)16-13-22-25-8-7-17(27(22)26-16)15-11-20(30-3)24(33-6)21(12-15)31-4/h7-13H,1-6H3. The third-order valence-corrected chi connectivity index (χ3v) is 5.28. The summed E-state index contributed by atoms with van der Waals surface area (Å²) in [4.78, 5) is 4.48. The van der Waals surface area contributed by atoms with E-state index < -0.39 is 0 Å². The highest BCUT2D eigenvalue weighted by Crippen LogP contribution is 2.42. The number of hydrogen-bond donors (Lipinski definition) is 0. The largest absolute Gasteiger partial charge is 0.493 e. The van der Waals surface area contributed by atoms with Crippen LogP contribution in [0.1, 0.15) is 0 Å². The predicted molar refractivity (Wildman–Crippen MR) is 123 cm³/mol. The van der Waals surface area contributed by atoms with Gasteiger partial charge in [-0.15, -0.1) is 0 Å². The lowest BCUT2D eigenvalue weighted by Gasteiger charge is -2.14. The minimum absolute atomic E-state index is 0.517. The lowest BCUT2D eigenvalue weighted by Crippen LogP contribution is -1.99. The Morgan fingerprint density at radius 2 is 1.09 bits per heavy atom. The van der Waals surface area contributed by atoms with E-state index in [-0.39, 0.29) is 0 Å². The highest BCUT2D eigenvalue weighted by atomic mass is 16.5. The van der Waals surface area contributed by atoms with E-state index in [1.54, 1.807) is 53.4 Å². The molecular formula is C24H25N3O6. The molecular weight excluding hydrogens is 426 g/mol. The summed E-state index contributed by atoms with van der Waals surface area (Å²) in [6, 6.07) is 11.2. The first-order chi connectivity index (χ1) is 16.1. The number of aromatic nitrogens is 3. The number of hydrogen-bond acceptors (Lipinski definition) is 8. The third-order valence-electron chi connectivity index (χ3n) is 5.28. The van der Waals surface area contributed by atoms with E-state index in [0.717, 1.165) is 16.8 Å². The molecule has 4 rings (SSSR count). The molecule has 172 valence electrons. The SMILES string of the molecule is COc1cc(-c2cc3nccc(-c4cc(OC)c(OC)c(OC)c4)n3n2)cc(OC)c1OC. The van der Waals surface area contributed by atoms with Crippen LogP contribution in [0.4, 0.5) is 0 Å². The maximum Gasteiger partial charge on any atom is 0.203 e. The summed E-state index contributed by atoms with van der Waals surface area (Å²) in [7, 11) is 9.46. The summed E-state index contributed by atoms with van der Waals surface area (Å²) in [6.45, 7) is 0. The molecule has 0 spiro atoms. The summed E-state index contributed by atoms with van der Waals surface area (Å²) in [5, 5.41) is 4.81. The first kappa shape index (κ1) is 22.1. The van der Waals surface area contributed by atoms with Gasteiger partial charge in [0.2, 0.25) is 11.5 Å². The summed E-state index contributed by atoms with van der Waals surface area (Å²) >= 11 is 0. The zero-order valence-electron chi connectivity index (χ0n) is 19.3. The molecule has 4 aromatic rings. The van der Waals surface area contributed by atoms with Gasteiger partial charge in [0.1, 0.15) is 0 Å². The average molecular weight is 451 g/mol. The number of nitrogens with zero attached hydrogens (tertiary/aromatic N) is 3. The van der Waals surface area contributed by atoms with Crippen LogP contribution in [0.2, 0.25) is 0 Å². The van der Waals surface area contributed by atoms with E-state index in [9.17, 15) is 0 Å². The van der Waals surface area contributed by atoms with Gasteiger partial charge in [0.25, 0.3) is 0 Å². The number of methoxy groups -OCH3 is 6. The molecule has 0 N–H and O–H groups in total. The zero-order valence-corrected chi connectivity index (χ0v) is 19.3. The van der Waals surface area contributed by atoms with Crippen molar-refractivity contribution in [3.8, 4) is 57.0 Å². The second kappa shape index (κ2) is 9.15. The molecule has 2 heterocycles. The summed E-state index contributed by atoms with van der Waals surface area (Å²) in [5.74, 6) is 3.22. The third kappa shape index (κ3) is 3.82. The van der Waals surface area contributed by atoms with Crippen LogP contribution >= 0.6 is 0 Å². The second-order valence-corrected chi connectivity index (χ2v) is 6.96. The van der Waals surface area contributed by atoms with Crippen molar-refractivity contribution in [2.45, 2.75) is 0 Å². The van der Waals surface area contributed by atoms with Gasteiger partial charge in [-0.25, -0.2) is 9.50 Å². The summed E-state index contributed by atoms with van der Waals surface area (Å²) < 4.78 is 34.6. The van der Waals surface area contributed by atoms with E-state index in [4.69, 9.17) is 33.5 Å². The van der Waals surface area contributed by atoms with Crippen molar-refractivity contribution in [1.82, 2.24) is 14.6 Å². The Hall–Kier alpha value is -4.14. The van der Waals surface area contributed by atoms with Crippen molar-refractivity contribution in [2.24, 2.45) is 0 Å². The van der Waals surface area contributed by atoms with Crippen molar-refractivity contribution in [3.63, 3.8) is 0 Å². The molecule has 0 aliphatic heterocycles. The van der Waals surface area contributed by atoms with Gasteiger partial charge in [0.15, 0.2) is 28.6 Å². The molecule has 9 heteroatoms. The first-order valence-electron chi connectivity index (χ1n) is 10.0. The predicted octanol–water partition coefficient (Wildman–Crippen LogP) is 4.11. The topological polar surface area (TPSA) is 85.6 Å². The van der Waals surface area contributed by atoms with Gasteiger partial charge in [-0.2, -0.15) is 5.10 Å². The minimum atomic E-state index is 0.517. The lowest BCUT2D eigenvalue weighted by atomic mass is 10.1. The Morgan fingerprint density at radius 3 is 1.55 bits per heavy atom. The van der Waals surface area contributed by atoms with E-state index in [1.807, 2.05) is 36.4 Å². The quantitative estimate of drug-likeness (QED) is 0.396. The van der Waals surface area contributed by atoms with E-state index >= 15 is 0 Å². The van der Waals surface area contributed by atoms with Crippen LogP contribution in [0.3, 0.4) is 0 Å². The average Bonchev–Trinajstić information content (AvgIpc) is 3.31. The van der Waals surface area contributed by atoms with Crippen LogP contribution < -0.4 is 28.4 Å². The molecule has 33 heavy (non-hydrogen) atoms. The molecule has 0 fully saturated rings. The zero-order chi connectivity index (χ0) is 23.5. The molecule has 9 nitrogen and oxygen atoms in total. The Bertz CT molecular complexity index is 1250. The van der Waals surface area contributed by atoms with Crippen LogP contribution in [0, 0.1) is 0 Å². The fourth-order valence-electron chi connectivity index (χ4n) is 3.71. The summed E-state index contributed by atoms with van der Waals surface area (Å²) in [5.41, 5.74) is 3.80. The molecule has 2 aromatic heterocycles. The van der Waals surface area contributed by atoms with Gasteiger partial charge < -0.3 is 28.4 Å². The first-order valence-corrected chi connectivity index (χ1v) is 10.0. The van der Waals surface area contributed by atoms with Crippen molar-refractivity contribution in [1.29, 1.82) is 0 Å².